The molecule has 0 aliphatic carbocycles. The van der Waals surface area contributed by atoms with Crippen LogP contribution in [0.5, 0.6) is 0 Å². The zero-order valence-electron chi connectivity index (χ0n) is 14.6. The highest BCUT2D eigenvalue weighted by molar-refractivity contribution is 6.42. The van der Waals surface area contributed by atoms with Crippen LogP contribution in [0.4, 0.5) is 4.39 Å². The first-order valence-electron chi connectivity index (χ1n) is 8.74. The van der Waals surface area contributed by atoms with E-state index in [1.54, 1.807) is 23.1 Å². The molecule has 1 aliphatic rings. The average molecular weight is 420 g/mol. The molecule has 2 heterocycles. The van der Waals surface area contributed by atoms with E-state index in [1.165, 1.54) is 24.3 Å². The molecule has 3 aromatic rings. The summed E-state index contributed by atoms with van der Waals surface area (Å²) in [6.07, 6.45) is 0.739. The molecule has 2 N–H and O–H groups in total. The van der Waals surface area contributed by atoms with Crippen molar-refractivity contribution in [3.8, 4) is 11.1 Å². The van der Waals surface area contributed by atoms with E-state index in [9.17, 15) is 14.0 Å². The number of aromatic nitrogens is 2. The van der Waals surface area contributed by atoms with Crippen molar-refractivity contribution in [3.05, 3.63) is 79.9 Å². The van der Waals surface area contributed by atoms with E-state index in [0.717, 1.165) is 12.1 Å². The molecule has 1 aromatic heterocycles. The molecule has 144 valence electrons. The number of nitrogens with one attached hydrogen (secondary N) is 2. The van der Waals surface area contributed by atoms with Gasteiger partial charge in [0, 0.05) is 36.3 Å². The predicted octanol–water partition coefficient (Wildman–Crippen LogP) is 4.45. The van der Waals surface area contributed by atoms with E-state index in [-0.39, 0.29) is 17.4 Å². The molecule has 5 nitrogen and oxygen atoms in total. The summed E-state index contributed by atoms with van der Waals surface area (Å²) in [5.74, 6) is -0.583. The molecule has 0 radical (unpaired) electrons. The highest BCUT2D eigenvalue weighted by atomic mass is 35.5. The number of hydrogen-bond acceptors (Lipinski definition) is 2. The van der Waals surface area contributed by atoms with Crippen LogP contribution in [0.15, 0.2) is 47.3 Å². The van der Waals surface area contributed by atoms with Gasteiger partial charge in [0.1, 0.15) is 5.82 Å². The lowest BCUT2D eigenvalue weighted by atomic mass is 9.98. The fourth-order valence-electron chi connectivity index (χ4n) is 3.54. The Kier molecular flexibility index (Phi) is 5.00. The van der Waals surface area contributed by atoms with Crippen LogP contribution < -0.4 is 5.56 Å². The summed E-state index contributed by atoms with van der Waals surface area (Å²) >= 11 is 12.1. The summed E-state index contributed by atoms with van der Waals surface area (Å²) in [6, 6.07) is 10.5. The highest BCUT2D eigenvalue weighted by Crippen LogP contribution is 2.33. The van der Waals surface area contributed by atoms with Crippen molar-refractivity contribution >= 4 is 29.1 Å². The van der Waals surface area contributed by atoms with Gasteiger partial charge >= 0.3 is 0 Å². The molecule has 0 saturated carbocycles. The Hall–Kier alpha value is -2.57. The van der Waals surface area contributed by atoms with Crippen molar-refractivity contribution in [2.24, 2.45) is 0 Å². The van der Waals surface area contributed by atoms with Crippen LogP contribution in [0.25, 0.3) is 11.1 Å². The number of carbonyl (C=O) groups excluding carboxylic acids is 1. The number of rotatable bonds is 3. The number of halogens is 3. The summed E-state index contributed by atoms with van der Waals surface area (Å²) in [6.45, 7) is 1.03. The molecule has 1 saturated heterocycles. The molecular formula is C20H16Cl2FN3O2. The molecule has 1 unspecified atom stereocenters. The number of nitrogens with zero attached hydrogens (tertiary/aromatic N) is 1. The molecule has 28 heavy (non-hydrogen) atoms. The number of hydrogen-bond donors (Lipinski definition) is 2. The molecular weight excluding hydrogens is 404 g/mol. The number of carbonyl (C=O) groups is 1. The smallest absolute Gasteiger partial charge is 0.264 e. The minimum atomic E-state index is -0.443. The fourth-order valence-corrected chi connectivity index (χ4v) is 3.84. The third-order valence-corrected chi connectivity index (χ3v) is 5.71. The van der Waals surface area contributed by atoms with Gasteiger partial charge in [-0.2, -0.15) is 0 Å². The van der Waals surface area contributed by atoms with Gasteiger partial charge < -0.3 is 10.00 Å². The lowest BCUT2D eigenvalue weighted by Gasteiger charge is -2.19. The SMILES string of the molecule is O=C(c1ccc(F)cc1-c1ccc(Cl)c(Cl)c1)N1CCC(c2cc(=O)[nH][nH]2)C1. The minimum absolute atomic E-state index is 0.0526. The van der Waals surface area contributed by atoms with E-state index in [4.69, 9.17) is 23.2 Å². The van der Waals surface area contributed by atoms with Crippen molar-refractivity contribution in [1.29, 1.82) is 0 Å². The van der Waals surface area contributed by atoms with E-state index in [2.05, 4.69) is 10.2 Å². The number of benzene rings is 2. The lowest BCUT2D eigenvalue weighted by Crippen LogP contribution is -2.29. The first-order valence-corrected chi connectivity index (χ1v) is 9.50. The molecule has 0 bridgehead atoms. The summed E-state index contributed by atoms with van der Waals surface area (Å²) in [5, 5.41) is 6.09. The molecule has 1 aliphatic heterocycles. The molecule has 4 rings (SSSR count). The Bertz CT molecular complexity index is 1110. The Balaban J connectivity index is 1.64. The number of amides is 1. The van der Waals surface area contributed by atoms with Crippen LogP contribution in [-0.4, -0.2) is 34.1 Å². The van der Waals surface area contributed by atoms with Crippen molar-refractivity contribution in [2.45, 2.75) is 12.3 Å². The van der Waals surface area contributed by atoms with Gasteiger partial charge in [0.25, 0.3) is 11.5 Å². The third kappa shape index (κ3) is 3.57. The minimum Gasteiger partial charge on any atom is -0.338 e. The second-order valence-electron chi connectivity index (χ2n) is 6.77. The molecule has 2 aromatic carbocycles. The van der Waals surface area contributed by atoms with Crippen LogP contribution in [0.1, 0.15) is 28.4 Å². The van der Waals surface area contributed by atoms with Crippen LogP contribution in [0.2, 0.25) is 10.0 Å². The second kappa shape index (κ2) is 7.45. The summed E-state index contributed by atoms with van der Waals surface area (Å²) in [7, 11) is 0. The maximum absolute atomic E-state index is 13.9. The van der Waals surface area contributed by atoms with E-state index < -0.39 is 5.82 Å². The van der Waals surface area contributed by atoms with Gasteiger partial charge in [-0.1, -0.05) is 29.3 Å². The monoisotopic (exact) mass is 419 g/mol. The first-order chi connectivity index (χ1) is 13.4. The van der Waals surface area contributed by atoms with Crippen molar-refractivity contribution in [2.75, 3.05) is 13.1 Å². The van der Waals surface area contributed by atoms with Crippen LogP contribution >= 0.6 is 23.2 Å². The summed E-state index contributed by atoms with van der Waals surface area (Å²) < 4.78 is 13.9. The van der Waals surface area contributed by atoms with Gasteiger partial charge in [-0.3, -0.25) is 14.7 Å². The van der Waals surface area contributed by atoms with Gasteiger partial charge in [-0.15, -0.1) is 0 Å². The molecule has 8 heteroatoms. The number of aromatic amines is 2. The van der Waals surface area contributed by atoms with Crippen LogP contribution in [-0.2, 0) is 0 Å². The largest absolute Gasteiger partial charge is 0.338 e. The number of H-pyrrole nitrogens is 2. The van der Waals surface area contributed by atoms with Crippen molar-refractivity contribution in [3.63, 3.8) is 0 Å². The topological polar surface area (TPSA) is 69.0 Å². The third-order valence-electron chi connectivity index (χ3n) is 4.97. The zero-order valence-corrected chi connectivity index (χ0v) is 16.1. The van der Waals surface area contributed by atoms with Gasteiger partial charge in [0.15, 0.2) is 0 Å². The second-order valence-corrected chi connectivity index (χ2v) is 7.58. The number of likely N-dealkylation sites (tertiary alicyclic amines) is 1. The van der Waals surface area contributed by atoms with E-state index in [1.807, 2.05) is 0 Å². The van der Waals surface area contributed by atoms with Crippen LogP contribution in [0, 0.1) is 5.82 Å². The van der Waals surface area contributed by atoms with Gasteiger partial charge in [-0.05, 0) is 47.9 Å². The van der Waals surface area contributed by atoms with E-state index in [0.29, 0.717) is 39.8 Å². The molecule has 1 atom stereocenters. The quantitative estimate of drug-likeness (QED) is 0.658. The van der Waals surface area contributed by atoms with Crippen molar-refractivity contribution in [1.82, 2.24) is 15.1 Å². The lowest BCUT2D eigenvalue weighted by molar-refractivity contribution is 0.0791. The maximum atomic E-state index is 13.9. The first kappa shape index (κ1) is 18.8. The van der Waals surface area contributed by atoms with Gasteiger partial charge in [0.2, 0.25) is 0 Å². The maximum Gasteiger partial charge on any atom is 0.264 e. The van der Waals surface area contributed by atoms with Gasteiger partial charge in [0.05, 0.1) is 10.0 Å². The molecule has 1 fully saturated rings. The Morgan fingerprint density at radius 1 is 1.07 bits per heavy atom. The van der Waals surface area contributed by atoms with Crippen molar-refractivity contribution < 1.29 is 9.18 Å². The predicted molar refractivity (Wildman–Crippen MR) is 107 cm³/mol. The van der Waals surface area contributed by atoms with Gasteiger partial charge in [-0.25, -0.2) is 4.39 Å². The average Bonchev–Trinajstić information content (AvgIpc) is 3.32. The summed E-state index contributed by atoms with van der Waals surface area (Å²) in [5.41, 5.74) is 2.05. The zero-order chi connectivity index (χ0) is 19.8. The Morgan fingerprint density at radius 3 is 2.61 bits per heavy atom. The normalized spacial score (nSPS) is 16.5. The fraction of sp³-hybridized carbons (Fsp3) is 0.200. The highest BCUT2D eigenvalue weighted by Gasteiger charge is 2.30. The Labute approximate surface area is 170 Å². The molecule has 0 spiro atoms. The summed E-state index contributed by atoms with van der Waals surface area (Å²) in [4.78, 5) is 26.2. The van der Waals surface area contributed by atoms with E-state index >= 15 is 0 Å². The Morgan fingerprint density at radius 2 is 1.89 bits per heavy atom. The standard InChI is InChI=1S/C20H16Cl2FN3O2/c21-16-4-1-11(7-17(16)22)15-8-13(23)2-3-14(15)20(28)26-6-5-12(10-26)18-9-19(27)25-24-18/h1-4,7-9,12H,5-6,10H2,(H2,24,25,27). The molecule has 1 amide bonds. The van der Waals surface area contributed by atoms with Crippen LogP contribution in [0.3, 0.4) is 0 Å².